The molecule has 0 atom stereocenters. The molecule has 1 aliphatic carbocycles. The van der Waals surface area contributed by atoms with Crippen LogP contribution in [-0.2, 0) is 10.8 Å². The Morgan fingerprint density at radius 3 is 2.42 bits per heavy atom. The minimum atomic E-state index is -0.146. The van der Waals surface area contributed by atoms with Crippen molar-refractivity contribution in [3.8, 4) is 22.6 Å². The first-order chi connectivity index (χ1) is 14.9. The molecule has 0 radical (unpaired) electrons. The summed E-state index contributed by atoms with van der Waals surface area (Å²) < 4.78 is 6.26. The van der Waals surface area contributed by atoms with Crippen molar-refractivity contribution in [2.24, 2.45) is 0 Å². The van der Waals surface area contributed by atoms with Crippen LogP contribution >= 0.6 is 0 Å². The lowest BCUT2D eigenvalue weighted by molar-refractivity contribution is 0.300. The van der Waals surface area contributed by atoms with Gasteiger partial charge in [0.15, 0.2) is 5.82 Å². The fourth-order valence-electron chi connectivity index (χ4n) is 5.00. The maximum atomic E-state index is 6.26. The molecule has 4 heteroatoms. The molecule has 3 heterocycles. The van der Waals surface area contributed by atoms with E-state index in [0.29, 0.717) is 11.5 Å². The van der Waals surface area contributed by atoms with Gasteiger partial charge in [0.05, 0.1) is 11.1 Å². The fraction of sp³-hybridized carbons (Fsp3) is 0.222. The fourth-order valence-corrected chi connectivity index (χ4v) is 5.00. The first-order valence-electron chi connectivity index (χ1n) is 10.6. The van der Waals surface area contributed by atoms with Crippen LogP contribution in [0.25, 0.3) is 44.7 Å². The zero-order valence-electron chi connectivity index (χ0n) is 18.1. The minimum Gasteiger partial charge on any atom is -0.438 e. The number of pyridine rings is 1. The number of fused-ring (bicyclic) bond motifs is 7. The third kappa shape index (κ3) is 2.33. The van der Waals surface area contributed by atoms with Crippen LogP contribution in [0.4, 0.5) is 0 Å². The van der Waals surface area contributed by atoms with Gasteiger partial charge < -0.3 is 4.42 Å². The summed E-state index contributed by atoms with van der Waals surface area (Å²) >= 11 is 0. The van der Waals surface area contributed by atoms with Crippen LogP contribution in [0.15, 0.2) is 71.4 Å². The first-order valence-corrected chi connectivity index (χ1v) is 10.6. The van der Waals surface area contributed by atoms with Gasteiger partial charge in [0, 0.05) is 39.7 Å². The van der Waals surface area contributed by atoms with Gasteiger partial charge in [-0.05, 0) is 29.3 Å². The van der Waals surface area contributed by atoms with Gasteiger partial charge in [-0.15, -0.1) is 0 Å². The maximum Gasteiger partial charge on any atom is 0.230 e. The molecule has 152 valence electrons. The van der Waals surface area contributed by atoms with E-state index in [1.54, 1.807) is 0 Å². The highest BCUT2D eigenvalue weighted by molar-refractivity contribution is 6.08. The molecule has 3 aromatic heterocycles. The Morgan fingerprint density at radius 2 is 1.61 bits per heavy atom. The minimum absolute atomic E-state index is 0.105. The summed E-state index contributed by atoms with van der Waals surface area (Å²) in [6, 6.07) is 18.4. The van der Waals surface area contributed by atoms with Gasteiger partial charge in [-0.25, -0.2) is 4.98 Å². The van der Waals surface area contributed by atoms with Gasteiger partial charge in [0.1, 0.15) is 5.58 Å². The van der Waals surface area contributed by atoms with Crippen molar-refractivity contribution in [1.82, 2.24) is 15.0 Å². The number of hydrogen-bond acceptors (Lipinski definition) is 4. The molecule has 0 bridgehead atoms. The van der Waals surface area contributed by atoms with Gasteiger partial charge in [-0.3, -0.25) is 4.98 Å². The lowest BCUT2D eigenvalue weighted by Gasteiger charge is -2.48. The second-order valence-corrected chi connectivity index (χ2v) is 9.39. The third-order valence-corrected chi connectivity index (χ3v) is 7.35. The molecular formula is C27H23N3O. The predicted octanol–water partition coefficient (Wildman–Crippen LogP) is 6.67. The zero-order chi connectivity index (χ0) is 21.4. The van der Waals surface area contributed by atoms with Crippen LogP contribution in [-0.4, -0.2) is 15.0 Å². The molecule has 0 saturated carbocycles. The number of hydrogen-bond donors (Lipinski definition) is 0. The summed E-state index contributed by atoms with van der Waals surface area (Å²) in [5.41, 5.74) is 6.96. The van der Waals surface area contributed by atoms with Crippen molar-refractivity contribution in [3.63, 3.8) is 0 Å². The highest BCUT2D eigenvalue weighted by atomic mass is 16.3. The zero-order valence-corrected chi connectivity index (χ0v) is 18.1. The molecule has 0 saturated heterocycles. The van der Waals surface area contributed by atoms with Crippen LogP contribution in [0.3, 0.4) is 0 Å². The van der Waals surface area contributed by atoms with Gasteiger partial charge >= 0.3 is 0 Å². The summed E-state index contributed by atoms with van der Waals surface area (Å²) in [6.07, 6.45) is 3.79. The molecule has 0 fully saturated rings. The quantitative estimate of drug-likeness (QED) is 0.312. The summed E-state index contributed by atoms with van der Waals surface area (Å²) in [6.45, 7) is 9.25. The summed E-state index contributed by atoms with van der Waals surface area (Å²) in [5.74, 6) is 0.674. The molecule has 5 aromatic rings. The Bertz CT molecular complexity index is 1480. The highest BCUT2D eigenvalue weighted by Gasteiger charge is 2.47. The van der Waals surface area contributed by atoms with E-state index in [1.165, 1.54) is 16.7 Å². The van der Waals surface area contributed by atoms with E-state index < -0.39 is 0 Å². The van der Waals surface area contributed by atoms with Crippen LogP contribution in [0, 0.1) is 0 Å². The van der Waals surface area contributed by atoms with Crippen molar-refractivity contribution >= 4 is 22.1 Å². The normalized spacial score (nSPS) is 16.3. The van der Waals surface area contributed by atoms with E-state index >= 15 is 0 Å². The molecule has 0 unspecified atom stereocenters. The molecule has 0 amide bonds. The molecule has 0 spiro atoms. The van der Waals surface area contributed by atoms with Crippen LogP contribution in [0.2, 0.25) is 0 Å². The van der Waals surface area contributed by atoms with Gasteiger partial charge in [0.25, 0.3) is 0 Å². The molecule has 6 rings (SSSR count). The average molecular weight is 406 g/mol. The summed E-state index contributed by atoms with van der Waals surface area (Å²) in [7, 11) is 0. The lowest BCUT2D eigenvalue weighted by Crippen LogP contribution is -2.43. The maximum absolute atomic E-state index is 6.26. The standard InChI is InChI=1S/C27H23N3O/c1-26(2)19-11-8-14-28-23(19)17-12-13-20-21(22(17)27(26,3)4)18-15-29-24(30-25(18)31-20)16-9-6-5-7-10-16/h5-15H,1-4H3. The molecular weight excluding hydrogens is 382 g/mol. The Morgan fingerprint density at radius 1 is 0.806 bits per heavy atom. The second kappa shape index (κ2) is 6.01. The van der Waals surface area contributed by atoms with Crippen molar-refractivity contribution < 1.29 is 4.42 Å². The van der Waals surface area contributed by atoms with E-state index in [1.807, 2.05) is 54.9 Å². The monoisotopic (exact) mass is 405 g/mol. The predicted molar refractivity (Wildman–Crippen MR) is 124 cm³/mol. The van der Waals surface area contributed by atoms with Gasteiger partial charge in [0.2, 0.25) is 5.71 Å². The first kappa shape index (κ1) is 18.3. The number of nitrogens with zero attached hydrogens (tertiary/aromatic N) is 3. The molecule has 31 heavy (non-hydrogen) atoms. The Hall–Kier alpha value is -3.53. The summed E-state index contributed by atoms with van der Waals surface area (Å²) in [4.78, 5) is 14.2. The number of rotatable bonds is 1. The van der Waals surface area contributed by atoms with E-state index in [2.05, 4.69) is 39.8 Å². The van der Waals surface area contributed by atoms with Crippen LogP contribution in [0.5, 0.6) is 0 Å². The molecule has 1 aliphatic rings. The Kier molecular flexibility index (Phi) is 3.54. The van der Waals surface area contributed by atoms with Gasteiger partial charge in [-0.1, -0.05) is 64.1 Å². The molecule has 0 aliphatic heterocycles. The Labute approximate surface area is 181 Å². The van der Waals surface area contributed by atoms with Crippen molar-refractivity contribution in [3.05, 3.63) is 78.1 Å². The average Bonchev–Trinajstić information content (AvgIpc) is 3.16. The third-order valence-electron chi connectivity index (χ3n) is 7.35. The van der Waals surface area contributed by atoms with Gasteiger partial charge in [-0.2, -0.15) is 4.98 Å². The number of aromatic nitrogens is 3. The lowest BCUT2D eigenvalue weighted by atomic mass is 9.55. The van der Waals surface area contributed by atoms with E-state index in [-0.39, 0.29) is 10.8 Å². The smallest absolute Gasteiger partial charge is 0.230 e. The highest BCUT2D eigenvalue weighted by Crippen LogP contribution is 2.55. The second-order valence-electron chi connectivity index (χ2n) is 9.39. The van der Waals surface area contributed by atoms with Crippen LogP contribution in [0.1, 0.15) is 38.8 Å². The molecule has 0 N–H and O–H groups in total. The van der Waals surface area contributed by atoms with E-state index in [4.69, 9.17) is 19.4 Å². The van der Waals surface area contributed by atoms with E-state index in [9.17, 15) is 0 Å². The SMILES string of the molecule is CC1(C)c2cccnc2-c2ccc3oc4nc(-c5ccccc5)ncc4c3c2C1(C)C. The molecule has 2 aromatic carbocycles. The van der Waals surface area contributed by atoms with Crippen molar-refractivity contribution in [1.29, 1.82) is 0 Å². The number of furan rings is 1. The Balaban J connectivity index is 1.70. The number of benzene rings is 2. The largest absolute Gasteiger partial charge is 0.438 e. The summed E-state index contributed by atoms with van der Waals surface area (Å²) in [5, 5.41) is 2.05. The topological polar surface area (TPSA) is 51.8 Å². The van der Waals surface area contributed by atoms with E-state index in [0.717, 1.165) is 27.6 Å². The van der Waals surface area contributed by atoms with Crippen molar-refractivity contribution in [2.75, 3.05) is 0 Å². The van der Waals surface area contributed by atoms with Crippen molar-refractivity contribution in [2.45, 2.75) is 38.5 Å². The molecule has 4 nitrogen and oxygen atoms in total. The van der Waals surface area contributed by atoms with Crippen LogP contribution < -0.4 is 0 Å².